The maximum Gasteiger partial charge on any atom is 0.337 e. The molecule has 1 heterocycles. The first kappa shape index (κ1) is 13.9. The van der Waals surface area contributed by atoms with Gasteiger partial charge in [-0.15, -0.1) is 0 Å². The number of methoxy groups -OCH3 is 1. The summed E-state index contributed by atoms with van der Waals surface area (Å²) in [6, 6.07) is 6.31. The van der Waals surface area contributed by atoms with Crippen molar-refractivity contribution in [1.29, 1.82) is 0 Å². The maximum absolute atomic E-state index is 11.8. The third kappa shape index (κ3) is 3.74. The predicted octanol–water partition coefficient (Wildman–Crippen LogP) is 1.47. The third-order valence-corrected chi connectivity index (χ3v) is 2.90. The summed E-state index contributed by atoms with van der Waals surface area (Å²) < 4.78 is 4.63. The molecule has 0 spiro atoms. The van der Waals surface area contributed by atoms with Crippen LogP contribution in [-0.4, -0.2) is 31.7 Å². The van der Waals surface area contributed by atoms with Gasteiger partial charge in [-0.05, 0) is 36.9 Å². The molecule has 1 atom stereocenters. The van der Waals surface area contributed by atoms with Crippen LogP contribution < -0.4 is 16.0 Å². The topological polar surface area (TPSA) is 79.5 Å². The lowest BCUT2D eigenvalue weighted by molar-refractivity contribution is 0.0600. The molecule has 3 N–H and O–H groups in total. The van der Waals surface area contributed by atoms with E-state index in [0.717, 1.165) is 13.0 Å². The normalized spacial score (nSPS) is 16.9. The molecule has 106 valence electrons. The lowest BCUT2D eigenvalue weighted by Gasteiger charge is -2.19. The number of urea groups is 1. The highest BCUT2D eigenvalue weighted by molar-refractivity contribution is 5.94. The molecule has 1 aliphatic heterocycles. The fraction of sp³-hybridized carbons (Fsp3) is 0.286. The quantitative estimate of drug-likeness (QED) is 0.730. The summed E-state index contributed by atoms with van der Waals surface area (Å²) in [6.07, 6.45) is 4.56. The molecule has 6 heteroatoms. The van der Waals surface area contributed by atoms with E-state index in [9.17, 15) is 9.59 Å². The van der Waals surface area contributed by atoms with Crippen LogP contribution in [-0.2, 0) is 4.74 Å². The highest BCUT2D eigenvalue weighted by Crippen LogP contribution is 2.11. The Kier molecular flexibility index (Phi) is 4.60. The highest BCUT2D eigenvalue weighted by Gasteiger charge is 2.12. The molecule has 20 heavy (non-hydrogen) atoms. The summed E-state index contributed by atoms with van der Waals surface area (Å²) in [5, 5.41) is 8.59. The first-order valence-corrected chi connectivity index (χ1v) is 6.35. The van der Waals surface area contributed by atoms with Crippen molar-refractivity contribution in [1.82, 2.24) is 10.6 Å². The van der Waals surface area contributed by atoms with Crippen molar-refractivity contribution < 1.29 is 14.3 Å². The van der Waals surface area contributed by atoms with Gasteiger partial charge in [0.15, 0.2) is 0 Å². The van der Waals surface area contributed by atoms with E-state index in [2.05, 4.69) is 20.7 Å². The molecule has 0 radical (unpaired) electrons. The second-order valence-corrected chi connectivity index (χ2v) is 4.38. The van der Waals surface area contributed by atoms with Crippen molar-refractivity contribution in [2.75, 3.05) is 19.0 Å². The Morgan fingerprint density at radius 1 is 1.40 bits per heavy atom. The van der Waals surface area contributed by atoms with E-state index < -0.39 is 5.97 Å². The van der Waals surface area contributed by atoms with Gasteiger partial charge >= 0.3 is 12.0 Å². The second-order valence-electron chi connectivity index (χ2n) is 4.38. The number of nitrogens with one attached hydrogen (secondary N) is 3. The standard InChI is InChI=1S/C14H17N3O3/c1-20-13(18)10-3-2-4-12(9-10)17-14(19)16-11-5-7-15-8-6-11/h2-5,7,9,11,15H,6,8H2,1H3,(H2,16,17,19). The Morgan fingerprint density at radius 2 is 2.25 bits per heavy atom. The molecule has 0 fully saturated rings. The SMILES string of the molecule is COC(=O)c1cccc(NC(=O)NC2C=CNCC2)c1. The van der Waals surface area contributed by atoms with Crippen molar-refractivity contribution >= 4 is 17.7 Å². The summed E-state index contributed by atoms with van der Waals surface area (Å²) in [5.74, 6) is -0.435. The number of rotatable bonds is 3. The Balaban J connectivity index is 1.95. The minimum Gasteiger partial charge on any atom is -0.465 e. The average molecular weight is 275 g/mol. The van der Waals surface area contributed by atoms with Crippen LogP contribution in [0.4, 0.5) is 10.5 Å². The number of esters is 1. The Bertz CT molecular complexity index is 528. The minimum atomic E-state index is -0.435. The number of ether oxygens (including phenoxy) is 1. The van der Waals surface area contributed by atoms with Crippen molar-refractivity contribution in [3.63, 3.8) is 0 Å². The Morgan fingerprint density at radius 3 is 2.95 bits per heavy atom. The van der Waals surface area contributed by atoms with Gasteiger partial charge < -0.3 is 20.7 Å². The van der Waals surface area contributed by atoms with Crippen molar-refractivity contribution in [3.8, 4) is 0 Å². The lowest BCUT2D eigenvalue weighted by atomic mass is 10.1. The average Bonchev–Trinajstić information content (AvgIpc) is 2.47. The van der Waals surface area contributed by atoms with E-state index >= 15 is 0 Å². The zero-order chi connectivity index (χ0) is 14.4. The van der Waals surface area contributed by atoms with E-state index in [-0.39, 0.29) is 12.1 Å². The molecule has 0 saturated carbocycles. The molecular formula is C14H17N3O3. The number of hydrogen-bond acceptors (Lipinski definition) is 4. The van der Waals surface area contributed by atoms with Gasteiger partial charge in [-0.2, -0.15) is 0 Å². The fourth-order valence-corrected chi connectivity index (χ4v) is 1.90. The molecular weight excluding hydrogens is 258 g/mol. The van der Waals surface area contributed by atoms with Gasteiger partial charge in [-0.3, -0.25) is 0 Å². The van der Waals surface area contributed by atoms with Crippen LogP contribution in [0.1, 0.15) is 16.8 Å². The summed E-state index contributed by atoms with van der Waals surface area (Å²) in [5.41, 5.74) is 0.940. The Hall–Kier alpha value is -2.50. The van der Waals surface area contributed by atoms with Gasteiger partial charge in [0.05, 0.1) is 18.7 Å². The van der Waals surface area contributed by atoms with E-state index in [1.807, 2.05) is 12.3 Å². The molecule has 0 aromatic heterocycles. The number of amides is 2. The zero-order valence-electron chi connectivity index (χ0n) is 11.2. The molecule has 1 unspecified atom stereocenters. The summed E-state index contributed by atoms with van der Waals surface area (Å²) >= 11 is 0. The molecule has 1 aromatic rings. The van der Waals surface area contributed by atoms with Crippen LogP contribution >= 0.6 is 0 Å². The molecule has 0 saturated heterocycles. The molecule has 0 bridgehead atoms. The zero-order valence-corrected chi connectivity index (χ0v) is 11.2. The van der Waals surface area contributed by atoms with Gasteiger partial charge in [-0.25, -0.2) is 9.59 Å². The molecule has 6 nitrogen and oxygen atoms in total. The third-order valence-electron chi connectivity index (χ3n) is 2.90. The predicted molar refractivity (Wildman–Crippen MR) is 75.5 cm³/mol. The van der Waals surface area contributed by atoms with Crippen molar-refractivity contribution in [2.45, 2.75) is 12.5 Å². The van der Waals surface area contributed by atoms with Gasteiger partial charge in [0.1, 0.15) is 0 Å². The van der Waals surface area contributed by atoms with Crippen LogP contribution in [0.3, 0.4) is 0 Å². The number of hydrogen-bond donors (Lipinski definition) is 3. The van der Waals surface area contributed by atoms with Crippen LogP contribution in [0.15, 0.2) is 36.5 Å². The van der Waals surface area contributed by atoms with E-state index in [1.165, 1.54) is 7.11 Å². The number of carbonyl (C=O) groups is 2. The van der Waals surface area contributed by atoms with Gasteiger partial charge in [0, 0.05) is 12.2 Å². The Labute approximate surface area is 117 Å². The first-order valence-electron chi connectivity index (χ1n) is 6.35. The summed E-state index contributed by atoms with van der Waals surface area (Å²) in [4.78, 5) is 23.2. The number of carbonyl (C=O) groups excluding carboxylic acids is 2. The van der Waals surface area contributed by atoms with Gasteiger partial charge in [0.2, 0.25) is 0 Å². The molecule has 2 amide bonds. The summed E-state index contributed by atoms with van der Waals surface area (Å²) in [7, 11) is 1.32. The fourth-order valence-electron chi connectivity index (χ4n) is 1.90. The van der Waals surface area contributed by atoms with Gasteiger partial charge in [-0.1, -0.05) is 6.07 Å². The lowest BCUT2D eigenvalue weighted by Crippen LogP contribution is -2.40. The molecule has 2 rings (SSSR count). The summed E-state index contributed by atoms with van der Waals surface area (Å²) in [6.45, 7) is 0.833. The van der Waals surface area contributed by atoms with E-state index in [4.69, 9.17) is 0 Å². The van der Waals surface area contributed by atoms with Crippen LogP contribution in [0.25, 0.3) is 0 Å². The molecule has 0 aliphatic carbocycles. The van der Waals surface area contributed by atoms with Crippen molar-refractivity contribution in [3.05, 3.63) is 42.1 Å². The smallest absolute Gasteiger partial charge is 0.337 e. The second kappa shape index (κ2) is 6.60. The number of benzene rings is 1. The van der Waals surface area contributed by atoms with E-state index in [0.29, 0.717) is 11.3 Å². The first-order chi connectivity index (χ1) is 9.69. The minimum absolute atomic E-state index is 0.0139. The van der Waals surface area contributed by atoms with E-state index in [1.54, 1.807) is 24.3 Å². The molecule has 1 aliphatic rings. The van der Waals surface area contributed by atoms with Crippen molar-refractivity contribution in [2.24, 2.45) is 0 Å². The molecule has 1 aromatic carbocycles. The highest BCUT2D eigenvalue weighted by atomic mass is 16.5. The number of anilines is 1. The maximum atomic E-state index is 11.8. The monoisotopic (exact) mass is 275 g/mol. The van der Waals surface area contributed by atoms with Gasteiger partial charge in [0.25, 0.3) is 0 Å². The van der Waals surface area contributed by atoms with Crippen LogP contribution in [0.5, 0.6) is 0 Å². The largest absolute Gasteiger partial charge is 0.465 e. The van der Waals surface area contributed by atoms with Crippen LogP contribution in [0, 0.1) is 0 Å². The van der Waals surface area contributed by atoms with Crippen LogP contribution in [0.2, 0.25) is 0 Å².